The van der Waals surface area contributed by atoms with E-state index in [1.807, 2.05) is 73.7 Å². The Morgan fingerprint density at radius 3 is 2.30 bits per heavy atom. The van der Waals surface area contributed by atoms with Gasteiger partial charge in [-0.05, 0) is 81.8 Å². The molecule has 1 amide bonds. The summed E-state index contributed by atoms with van der Waals surface area (Å²) in [6.07, 6.45) is 0. The molecule has 0 unspecified atom stereocenters. The minimum absolute atomic E-state index is 0.0997. The van der Waals surface area contributed by atoms with Crippen molar-refractivity contribution in [3.63, 3.8) is 0 Å². The van der Waals surface area contributed by atoms with E-state index in [9.17, 15) is 9.59 Å². The second kappa shape index (κ2) is 9.69. The van der Waals surface area contributed by atoms with Crippen molar-refractivity contribution >= 4 is 66.9 Å². The van der Waals surface area contributed by atoms with E-state index in [1.54, 1.807) is 23.5 Å². The number of anilines is 1. The zero-order valence-electron chi connectivity index (χ0n) is 18.4. The molecule has 0 fully saturated rings. The number of halogens is 2. The molecule has 0 saturated carbocycles. The van der Waals surface area contributed by atoms with E-state index in [0.29, 0.717) is 34.8 Å². The fraction of sp³-hybridized carbons (Fsp3) is 0.154. The third-order valence-electron chi connectivity index (χ3n) is 5.52. The molecule has 0 atom stereocenters. The summed E-state index contributed by atoms with van der Waals surface area (Å²) in [5.41, 5.74) is 3.47. The van der Waals surface area contributed by atoms with Gasteiger partial charge in [-0.3, -0.25) is 14.2 Å². The third kappa shape index (κ3) is 4.31. The molecule has 0 radical (unpaired) electrons. The van der Waals surface area contributed by atoms with Gasteiger partial charge in [0.15, 0.2) is 0 Å². The van der Waals surface area contributed by atoms with Crippen LogP contribution in [-0.4, -0.2) is 30.0 Å². The summed E-state index contributed by atoms with van der Waals surface area (Å²) in [4.78, 5) is 28.3. The highest BCUT2D eigenvalue weighted by Crippen LogP contribution is 2.44. The maximum Gasteiger partial charge on any atom is 0.262 e. The van der Waals surface area contributed by atoms with Crippen LogP contribution in [0, 0.1) is 3.57 Å². The van der Waals surface area contributed by atoms with Gasteiger partial charge < -0.3 is 9.64 Å². The molecule has 33 heavy (non-hydrogen) atoms. The lowest BCUT2D eigenvalue weighted by Crippen LogP contribution is -2.28. The van der Waals surface area contributed by atoms with E-state index in [0.717, 1.165) is 19.0 Å². The second-order valence-corrected chi connectivity index (χ2v) is 9.58. The fourth-order valence-corrected chi connectivity index (χ4v) is 4.89. The maximum atomic E-state index is 13.9. The van der Waals surface area contributed by atoms with Crippen LogP contribution in [0.2, 0.25) is 0 Å². The van der Waals surface area contributed by atoms with Crippen LogP contribution in [0.4, 0.5) is 5.69 Å². The van der Waals surface area contributed by atoms with Gasteiger partial charge in [-0.2, -0.15) is 0 Å². The van der Waals surface area contributed by atoms with Crippen molar-refractivity contribution in [3.8, 4) is 17.0 Å². The van der Waals surface area contributed by atoms with Crippen LogP contribution in [0.5, 0.6) is 5.75 Å². The summed E-state index contributed by atoms with van der Waals surface area (Å²) in [5, 5.41) is 0.768. The Morgan fingerprint density at radius 1 is 1.06 bits per heavy atom. The van der Waals surface area contributed by atoms with Crippen molar-refractivity contribution in [2.75, 3.05) is 18.6 Å². The van der Waals surface area contributed by atoms with Gasteiger partial charge in [-0.25, -0.2) is 0 Å². The normalized spacial score (nSPS) is 10.9. The van der Waals surface area contributed by atoms with Crippen LogP contribution in [0.1, 0.15) is 24.2 Å². The number of nitrogens with zero attached hydrogens (tertiary/aromatic N) is 2. The SMILES string of the molecule is CCN(C(C)=O)c1c(-c2ccccc2)n(C(=O)c2ccc(I)cc2)c2cc(Br)c(OC)cc12. The van der Waals surface area contributed by atoms with Gasteiger partial charge in [-0.1, -0.05) is 30.3 Å². The molecule has 0 aliphatic carbocycles. The average molecular weight is 617 g/mol. The first kappa shape index (κ1) is 23.5. The number of ether oxygens (including phenoxy) is 1. The molecule has 4 rings (SSSR count). The highest BCUT2D eigenvalue weighted by molar-refractivity contribution is 14.1. The van der Waals surface area contributed by atoms with Crippen LogP contribution in [0.3, 0.4) is 0 Å². The minimum atomic E-state index is -0.168. The number of aromatic nitrogens is 1. The first-order valence-electron chi connectivity index (χ1n) is 10.4. The van der Waals surface area contributed by atoms with Crippen molar-refractivity contribution in [3.05, 3.63) is 80.3 Å². The number of fused-ring (bicyclic) bond motifs is 1. The van der Waals surface area contributed by atoms with Gasteiger partial charge in [0, 0.05) is 33.6 Å². The Labute approximate surface area is 214 Å². The number of hydrogen-bond acceptors (Lipinski definition) is 3. The van der Waals surface area contributed by atoms with Crippen molar-refractivity contribution < 1.29 is 14.3 Å². The minimum Gasteiger partial charge on any atom is -0.496 e. The van der Waals surface area contributed by atoms with E-state index in [1.165, 1.54) is 0 Å². The van der Waals surface area contributed by atoms with Gasteiger partial charge in [0.25, 0.3) is 5.91 Å². The molecular formula is C26H22BrIN2O3. The van der Waals surface area contributed by atoms with E-state index in [-0.39, 0.29) is 11.8 Å². The van der Waals surface area contributed by atoms with Gasteiger partial charge in [0.1, 0.15) is 5.75 Å². The Bertz CT molecular complexity index is 1350. The standard InChI is InChI=1S/C26H22BrIN2O3/c1-4-29(16(2)31)25-20-14-23(33-3)21(27)15-22(20)30(24(25)17-8-6-5-7-9-17)26(32)18-10-12-19(28)13-11-18/h5-15H,4H2,1-3H3. The Balaban J connectivity index is 2.17. The molecule has 1 aromatic heterocycles. The predicted molar refractivity (Wildman–Crippen MR) is 144 cm³/mol. The number of methoxy groups -OCH3 is 1. The Hall–Kier alpha value is -2.65. The van der Waals surface area contributed by atoms with Gasteiger partial charge in [0.05, 0.1) is 28.5 Å². The zero-order valence-corrected chi connectivity index (χ0v) is 22.2. The number of benzene rings is 3. The largest absolute Gasteiger partial charge is 0.496 e. The summed E-state index contributed by atoms with van der Waals surface area (Å²) >= 11 is 5.79. The van der Waals surface area contributed by atoms with E-state index in [2.05, 4.69) is 38.5 Å². The second-order valence-electron chi connectivity index (χ2n) is 7.48. The summed E-state index contributed by atoms with van der Waals surface area (Å²) in [7, 11) is 1.60. The lowest BCUT2D eigenvalue weighted by Gasteiger charge is -2.21. The van der Waals surface area contributed by atoms with Gasteiger partial charge in [0.2, 0.25) is 5.91 Å². The Morgan fingerprint density at radius 2 is 1.73 bits per heavy atom. The van der Waals surface area contributed by atoms with Gasteiger partial charge >= 0.3 is 0 Å². The third-order valence-corrected chi connectivity index (χ3v) is 6.86. The quantitative estimate of drug-likeness (QED) is 0.233. The number of hydrogen-bond donors (Lipinski definition) is 0. The van der Waals surface area contributed by atoms with Crippen molar-refractivity contribution in [1.82, 2.24) is 4.57 Å². The molecule has 0 saturated heterocycles. The highest BCUT2D eigenvalue weighted by Gasteiger charge is 2.29. The van der Waals surface area contributed by atoms with Crippen LogP contribution in [0.15, 0.2) is 71.2 Å². The average Bonchev–Trinajstić information content (AvgIpc) is 3.13. The van der Waals surface area contributed by atoms with Gasteiger partial charge in [-0.15, -0.1) is 0 Å². The molecule has 5 nitrogen and oxygen atoms in total. The summed E-state index contributed by atoms with van der Waals surface area (Å²) in [6.45, 7) is 3.93. The first-order chi connectivity index (χ1) is 15.9. The molecule has 168 valence electrons. The van der Waals surface area contributed by atoms with Crippen LogP contribution in [-0.2, 0) is 4.79 Å². The zero-order chi connectivity index (χ0) is 23.7. The number of rotatable bonds is 5. The summed E-state index contributed by atoms with van der Waals surface area (Å²) in [5.74, 6) is 0.359. The van der Waals surface area contributed by atoms with E-state index in [4.69, 9.17) is 4.74 Å². The lowest BCUT2D eigenvalue weighted by atomic mass is 10.1. The smallest absolute Gasteiger partial charge is 0.262 e. The maximum absolute atomic E-state index is 13.9. The van der Waals surface area contributed by atoms with Crippen molar-refractivity contribution in [2.45, 2.75) is 13.8 Å². The molecular weight excluding hydrogens is 595 g/mol. The molecule has 0 bridgehead atoms. The molecule has 7 heteroatoms. The van der Waals surface area contributed by atoms with E-state index >= 15 is 0 Å². The topological polar surface area (TPSA) is 51.5 Å². The highest BCUT2D eigenvalue weighted by atomic mass is 127. The Kier molecular flexibility index (Phi) is 6.90. The number of amides is 1. The molecule has 0 N–H and O–H groups in total. The molecule has 0 aliphatic rings. The molecule has 1 heterocycles. The summed E-state index contributed by atoms with van der Waals surface area (Å²) in [6, 6.07) is 20.9. The lowest BCUT2D eigenvalue weighted by molar-refractivity contribution is -0.116. The van der Waals surface area contributed by atoms with Crippen molar-refractivity contribution in [1.29, 1.82) is 0 Å². The van der Waals surface area contributed by atoms with Crippen LogP contribution in [0.25, 0.3) is 22.2 Å². The van der Waals surface area contributed by atoms with Crippen LogP contribution < -0.4 is 9.64 Å². The predicted octanol–water partition coefficient (Wildman–Crippen LogP) is 6.75. The summed E-state index contributed by atoms with van der Waals surface area (Å²) < 4.78 is 9.03. The first-order valence-corrected chi connectivity index (χ1v) is 12.3. The molecule has 0 aliphatic heterocycles. The monoisotopic (exact) mass is 616 g/mol. The number of carbonyl (C=O) groups is 2. The fourth-order valence-electron chi connectivity index (χ4n) is 4.03. The molecule has 4 aromatic rings. The molecule has 3 aromatic carbocycles. The van der Waals surface area contributed by atoms with E-state index < -0.39 is 0 Å². The molecule has 0 spiro atoms. The number of carbonyl (C=O) groups excluding carboxylic acids is 2. The van der Waals surface area contributed by atoms with Crippen molar-refractivity contribution in [2.24, 2.45) is 0 Å². The van der Waals surface area contributed by atoms with Crippen LogP contribution >= 0.6 is 38.5 Å².